The average Bonchev–Trinajstić information content (AvgIpc) is 3.01. The van der Waals surface area contributed by atoms with Crippen molar-refractivity contribution < 1.29 is 4.79 Å². The minimum atomic E-state index is -0.00102. The molecule has 3 rings (SSSR count). The van der Waals surface area contributed by atoms with Crippen molar-refractivity contribution >= 4 is 17.7 Å². The van der Waals surface area contributed by atoms with E-state index in [9.17, 15) is 4.79 Å². The van der Waals surface area contributed by atoms with Crippen molar-refractivity contribution in [3.05, 3.63) is 23.0 Å². The highest BCUT2D eigenvalue weighted by Gasteiger charge is 2.27. The Labute approximate surface area is 124 Å². The highest BCUT2D eigenvalue weighted by Crippen LogP contribution is 2.38. The summed E-state index contributed by atoms with van der Waals surface area (Å²) in [6.45, 7) is 5.13. The lowest BCUT2D eigenvalue weighted by molar-refractivity contribution is -0.122. The molecule has 2 N–H and O–H groups in total. The lowest BCUT2D eigenvalue weighted by atomic mass is 10.2. The Morgan fingerprint density at radius 1 is 1.50 bits per heavy atom. The van der Waals surface area contributed by atoms with Crippen molar-refractivity contribution in [1.82, 2.24) is 15.2 Å². The topological polar surface area (TPSA) is 46.1 Å². The maximum absolute atomic E-state index is 11.9. The van der Waals surface area contributed by atoms with Gasteiger partial charge in [0.25, 0.3) is 0 Å². The molecule has 1 unspecified atom stereocenters. The zero-order chi connectivity index (χ0) is 14.1. The van der Waals surface area contributed by atoms with Crippen LogP contribution in [0.4, 0.5) is 0 Å². The Hall–Kier alpha value is -0.940. The summed E-state index contributed by atoms with van der Waals surface area (Å²) in [4.78, 5) is 11.9. The number of thioether (sulfide) groups is 1. The molecule has 2 aliphatic rings. The molecular weight excluding hydrogens is 270 g/mol. The van der Waals surface area contributed by atoms with Gasteiger partial charge < -0.3 is 9.88 Å². The monoisotopic (exact) mass is 293 g/mol. The summed E-state index contributed by atoms with van der Waals surface area (Å²) in [5.74, 6) is 1.92. The second kappa shape index (κ2) is 5.82. The molecule has 1 saturated carbocycles. The highest BCUT2D eigenvalue weighted by atomic mass is 32.2. The number of aromatic nitrogens is 1. The van der Waals surface area contributed by atoms with Crippen molar-refractivity contribution in [1.29, 1.82) is 0 Å². The smallest absolute Gasteiger partial charge is 0.238 e. The lowest BCUT2D eigenvalue weighted by Gasteiger charge is -2.11. The van der Waals surface area contributed by atoms with E-state index in [-0.39, 0.29) is 11.9 Å². The van der Waals surface area contributed by atoms with Gasteiger partial charge in [-0.2, -0.15) is 0 Å². The van der Waals surface area contributed by atoms with E-state index in [1.54, 1.807) is 11.8 Å². The van der Waals surface area contributed by atoms with Crippen molar-refractivity contribution in [3.63, 3.8) is 0 Å². The fraction of sp³-hybridized carbons (Fsp3) is 0.667. The number of amides is 1. The first kappa shape index (κ1) is 14.0. The quantitative estimate of drug-likeness (QED) is 0.869. The van der Waals surface area contributed by atoms with Crippen LogP contribution < -0.4 is 10.6 Å². The van der Waals surface area contributed by atoms with Gasteiger partial charge in [0.05, 0.1) is 6.04 Å². The summed E-state index contributed by atoms with van der Waals surface area (Å²) in [5.41, 5.74) is 4.12. The second-order valence-electron chi connectivity index (χ2n) is 5.81. The summed E-state index contributed by atoms with van der Waals surface area (Å²) in [6.07, 6.45) is 3.56. The van der Waals surface area contributed by atoms with Gasteiger partial charge in [0.1, 0.15) is 0 Å². The molecule has 1 saturated heterocycles. The van der Waals surface area contributed by atoms with Gasteiger partial charge in [-0.1, -0.05) is 0 Å². The van der Waals surface area contributed by atoms with Gasteiger partial charge in [-0.15, -0.1) is 11.8 Å². The van der Waals surface area contributed by atoms with E-state index in [0.29, 0.717) is 0 Å². The third-order valence-corrected chi connectivity index (χ3v) is 5.17. The number of nitrogens with zero attached hydrogens (tertiary/aromatic N) is 1. The number of aryl methyl sites for hydroxylation is 1. The molecule has 0 aromatic carbocycles. The van der Waals surface area contributed by atoms with Crippen LogP contribution in [0, 0.1) is 13.8 Å². The van der Waals surface area contributed by atoms with Crippen molar-refractivity contribution in [2.45, 2.75) is 45.2 Å². The predicted octanol–water partition coefficient (Wildman–Crippen LogP) is 1.76. The van der Waals surface area contributed by atoms with Gasteiger partial charge in [-0.3, -0.25) is 10.1 Å². The molecule has 1 aromatic rings. The summed E-state index contributed by atoms with van der Waals surface area (Å²) in [6, 6.07) is 3.01. The SMILES string of the molecule is Cc1cc(CCNC(=O)C2CSCN2)c(C)n1C1CC1. The van der Waals surface area contributed by atoms with Crippen molar-refractivity contribution in [2.75, 3.05) is 18.2 Å². The predicted molar refractivity (Wildman–Crippen MR) is 83.1 cm³/mol. The molecular formula is C15H23N3OS. The number of hydrogen-bond acceptors (Lipinski definition) is 3. The summed E-state index contributed by atoms with van der Waals surface area (Å²) in [7, 11) is 0. The normalized spacial score (nSPS) is 22.2. The number of rotatable bonds is 5. The van der Waals surface area contributed by atoms with Crippen LogP contribution in [0.1, 0.15) is 35.8 Å². The largest absolute Gasteiger partial charge is 0.354 e. The summed E-state index contributed by atoms with van der Waals surface area (Å²) in [5, 5.41) is 6.25. The first-order valence-corrected chi connectivity index (χ1v) is 8.58. The number of nitrogens with one attached hydrogen (secondary N) is 2. The molecule has 1 amide bonds. The van der Waals surface area contributed by atoms with Crippen LogP contribution in [0.25, 0.3) is 0 Å². The van der Waals surface area contributed by atoms with Gasteiger partial charge in [0.2, 0.25) is 5.91 Å². The maximum Gasteiger partial charge on any atom is 0.238 e. The second-order valence-corrected chi connectivity index (χ2v) is 6.84. The minimum absolute atomic E-state index is 0.00102. The molecule has 1 aromatic heterocycles. The molecule has 5 heteroatoms. The van der Waals surface area contributed by atoms with Crippen LogP contribution in [0.2, 0.25) is 0 Å². The Bertz CT molecular complexity index is 501. The number of hydrogen-bond donors (Lipinski definition) is 2. The van der Waals surface area contributed by atoms with Crippen LogP contribution in [-0.4, -0.2) is 34.7 Å². The average molecular weight is 293 g/mol. The summed E-state index contributed by atoms with van der Waals surface area (Å²) >= 11 is 1.78. The van der Waals surface area contributed by atoms with E-state index in [4.69, 9.17) is 0 Å². The zero-order valence-corrected chi connectivity index (χ0v) is 13.1. The van der Waals surface area contributed by atoms with Gasteiger partial charge in [-0.05, 0) is 44.7 Å². The molecule has 1 aliphatic heterocycles. The first-order valence-electron chi connectivity index (χ1n) is 7.43. The molecule has 0 radical (unpaired) electrons. The van der Waals surface area contributed by atoms with E-state index < -0.39 is 0 Å². The fourth-order valence-electron chi connectivity index (χ4n) is 3.00. The molecule has 1 aliphatic carbocycles. The molecule has 20 heavy (non-hydrogen) atoms. The molecule has 1 atom stereocenters. The molecule has 2 heterocycles. The Balaban J connectivity index is 1.53. The summed E-state index contributed by atoms with van der Waals surface area (Å²) < 4.78 is 2.46. The maximum atomic E-state index is 11.9. The van der Waals surface area contributed by atoms with Crippen LogP contribution in [0.5, 0.6) is 0 Å². The van der Waals surface area contributed by atoms with Gasteiger partial charge >= 0.3 is 0 Å². The minimum Gasteiger partial charge on any atom is -0.354 e. The Kier molecular flexibility index (Phi) is 4.08. The van der Waals surface area contributed by atoms with Crippen LogP contribution in [-0.2, 0) is 11.2 Å². The number of carbonyl (C=O) groups is 1. The van der Waals surface area contributed by atoms with Crippen molar-refractivity contribution in [2.24, 2.45) is 0 Å². The molecule has 4 nitrogen and oxygen atoms in total. The Morgan fingerprint density at radius 2 is 2.30 bits per heavy atom. The highest BCUT2D eigenvalue weighted by molar-refractivity contribution is 7.99. The van der Waals surface area contributed by atoms with E-state index in [1.165, 1.54) is 29.8 Å². The fourth-order valence-corrected chi connectivity index (χ4v) is 3.94. The molecule has 110 valence electrons. The molecule has 0 spiro atoms. The van der Waals surface area contributed by atoms with E-state index in [0.717, 1.165) is 30.6 Å². The van der Waals surface area contributed by atoms with Gasteiger partial charge in [0.15, 0.2) is 0 Å². The van der Waals surface area contributed by atoms with E-state index in [2.05, 4.69) is 35.1 Å². The molecule has 0 bridgehead atoms. The zero-order valence-electron chi connectivity index (χ0n) is 12.2. The van der Waals surface area contributed by atoms with Crippen LogP contribution >= 0.6 is 11.8 Å². The number of carbonyl (C=O) groups excluding carboxylic acids is 1. The first-order chi connectivity index (χ1) is 9.66. The third kappa shape index (κ3) is 2.88. The van der Waals surface area contributed by atoms with Gasteiger partial charge in [-0.25, -0.2) is 0 Å². The Morgan fingerprint density at radius 3 is 2.95 bits per heavy atom. The standard InChI is InChI=1S/C15H23N3OS/c1-10-7-12(11(2)18(10)13-3-4-13)5-6-16-15(19)14-8-20-9-17-14/h7,13-14,17H,3-6,8-9H2,1-2H3,(H,16,19). The van der Waals surface area contributed by atoms with E-state index >= 15 is 0 Å². The molecule has 2 fully saturated rings. The van der Waals surface area contributed by atoms with Gasteiger partial charge in [0, 0.05) is 35.6 Å². The van der Waals surface area contributed by atoms with Crippen molar-refractivity contribution in [3.8, 4) is 0 Å². The lowest BCUT2D eigenvalue weighted by Crippen LogP contribution is -2.42. The van der Waals surface area contributed by atoms with Crippen LogP contribution in [0.3, 0.4) is 0 Å². The van der Waals surface area contributed by atoms with E-state index in [1.807, 2.05) is 0 Å². The van der Waals surface area contributed by atoms with Crippen LogP contribution in [0.15, 0.2) is 6.07 Å². The third-order valence-electron chi connectivity index (χ3n) is 4.23.